The molecule has 0 radical (unpaired) electrons. The summed E-state index contributed by atoms with van der Waals surface area (Å²) in [5, 5.41) is 15.4. The molecule has 1 aromatic heterocycles. The molecule has 11 nitrogen and oxygen atoms in total. The lowest BCUT2D eigenvalue weighted by atomic mass is 10.1. The van der Waals surface area contributed by atoms with Gasteiger partial charge in [0.1, 0.15) is 18.0 Å². The number of rotatable bonds is 7. The number of benzene rings is 1. The maximum Gasteiger partial charge on any atom is 0.266 e. The molecule has 2 aliphatic heterocycles. The largest absolute Gasteiger partial charge is 0.497 e. The summed E-state index contributed by atoms with van der Waals surface area (Å²) in [6.07, 6.45) is 7.22. The third-order valence-electron chi connectivity index (χ3n) is 5.77. The molecule has 33 heavy (non-hydrogen) atoms. The number of carbonyl (C=O) groups excluding carboxylic acids is 2. The monoisotopic (exact) mass is 455 g/mol. The minimum absolute atomic E-state index is 0.0714. The number of amides is 2. The molecule has 0 atom stereocenters. The molecule has 0 saturated carbocycles. The zero-order valence-corrected chi connectivity index (χ0v) is 19.0. The lowest BCUT2D eigenvalue weighted by molar-refractivity contribution is -0.155. The number of aromatic nitrogens is 4. The molecule has 0 unspecified atom stereocenters. The summed E-state index contributed by atoms with van der Waals surface area (Å²) in [7, 11) is 3.14. The number of piperidine rings is 1. The van der Waals surface area contributed by atoms with E-state index in [1.165, 1.54) is 27.3 Å². The van der Waals surface area contributed by atoms with Crippen LogP contribution in [0.2, 0.25) is 0 Å². The third kappa shape index (κ3) is 5.24. The Balaban J connectivity index is 1.40. The number of tetrazole rings is 1. The van der Waals surface area contributed by atoms with Crippen molar-refractivity contribution >= 4 is 23.8 Å². The fraction of sp³-hybridized carbons (Fsp3) is 0.500. The maximum absolute atomic E-state index is 12.9. The number of hydrogen-bond donors (Lipinski definition) is 0. The van der Waals surface area contributed by atoms with E-state index in [1.807, 2.05) is 0 Å². The van der Waals surface area contributed by atoms with Crippen molar-refractivity contribution < 1.29 is 19.1 Å². The molecule has 0 spiro atoms. The SMILES string of the molecule is COc1ccc(OC)c(C=CC(=O)N2CCCN2C(=O)Cn2nnc(N3CCCCC3)n2)c1. The Labute approximate surface area is 192 Å². The summed E-state index contributed by atoms with van der Waals surface area (Å²) in [5.41, 5.74) is 0.708. The molecule has 0 bridgehead atoms. The number of carbonyl (C=O) groups is 2. The summed E-state index contributed by atoms with van der Waals surface area (Å²) in [6, 6.07) is 5.34. The quantitative estimate of drug-likeness (QED) is 0.577. The van der Waals surface area contributed by atoms with Gasteiger partial charge in [0.2, 0.25) is 0 Å². The van der Waals surface area contributed by atoms with E-state index in [0.29, 0.717) is 42.5 Å². The molecule has 2 amide bonds. The van der Waals surface area contributed by atoms with Gasteiger partial charge in [0.05, 0.1) is 14.2 Å². The lowest BCUT2D eigenvalue weighted by Crippen LogP contribution is -2.45. The van der Waals surface area contributed by atoms with E-state index in [9.17, 15) is 9.59 Å². The molecule has 0 aliphatic carbocycles. The van der Waals surface area contributed by atoms with E-state index < -0.39 is 0 Å². The number of hydrogen-bond acceptors (Lipinski definition) is 8. The highest BCUT2D eigenvalue weighted by Crippen LogP contribution is 2.25. The van der Waals surface area contributed by atoms with Crippen LogP contribution in [0, 0.1) is 0 Å². The van der Waals surface area contributed by atoms with E-state index in [0.717, 1.165) is 25.9 Å². The Morgan fingerprint density at radius 3 is 2.55 bits per heavy atom. The van der Waals surface area contributed by atoms with Crippen LogP contribution in [0.1, 0.15) is 31.2 Å². The van der Waals surface area contributed by atoms with Crippen LogP contribution in [0.5, 0.6) is 11.5 Å². The Bertz CT molecular complexity index is 1020. The predicted octanol–water partition coefficient (Wildman–Crippen LogP) is 1.37. The standard InChI is InChI=1S/C22H29N7O4/c1-32-18-8-9-19(33-2)17(15-18)7-10-20(30)27-13-6-14-28(27)21(31)16-29-24-22(23-25-29)26-11-4-3-5-12-26/h7-10,15H,3-6,11-14,16H2,1-2H3. The highest BCUT2D eigenvalue weighted by molar-refractivity contribution is 5.93. The Hall–Kier alpha value is -3.63. The number of ether oxygens (including phenoxy) is 2. The summed E-state index contributed by atoms with van der Waals surface area (Å²) in [6.45, 7) is 2.66. The van der Waals surface area contributed by atoms with Gasteiger partial charge in [-0.15, -0.1) is 5.10 Å². The number of methoxy groups -OCH3 is 2. The van der Waals surface area contributed by atoms with E-state index in [1.54, 1.807) is 38.5 Å². The van der Waals surface area contributed by atoms with Gasteiger partial charge in [-0.3, -0.25) is 9.59 Å². The smallest absolute Gasteiger partial charge is 0.266 e. The van der Waals surface area contributed by atoms with Crippen LogP contribution < -0.4 is 14.4 Å². The van der Waals surface area contributed by atoms with Gasteiger partial charge < -0.3 is 14.4 Å². The molecule has 176 valence electrons. The van der Waals surface area contributed by atoms with Gasteiger partial charge in [-0.1, -0.05) is 5.10 Å². The molecular formula is C22H29N7O4. The van der Waals surface area contributed by atoms with Crippen LogP contribution in [0.3, 0.4) is 0 Å². The molecular weight excluding hydrogens is 426 g/mol. The first-order chi connectivity index (χ1) is 16.1. The van der Waals surface area contributed by atoms with Gasteiger partial charge in [0.15, 0.2) is 0 Å². The Kier molecular flexibility index (Phi) is 7.06. The Morgan fingerprint density at radius 1 is 1.00 bits per heavy atom. The van der Waals surface area contributed by atoms with E-state index in [4.69, 9.17) is 9.47 Å². The third-order valence-corrected chi connectivity index (χ3v) is 5.77. The molecule has 0 N–H and O–H groups in total. The van der Waals surface area contributed by atoms with Crippen LogP contribution in [0.25, 0.3) is 6.08 Å². The van der Waals surface area contributed by atoms with Gasteiger partial charge in [0.25, 0.3) is 17.8 Å². The topological polar surface area (TPSA) is 106 Å². The van der Waals surface area contributed by atoms with Crippen molar-refractivity contribution in [1.82, 2.24) is 30.2 Å². The van der Waals surface area contributed by atoms with Crippen LogP contribution in [-0.4, -0.2) is 82.4 Å². The van der Waals surface area contributed by atoms with Crippen LogP contribution >= 0.6 is 0 Å². The molecule has 2 aromatic rings. The number of nitrogens with zero attached hydrogens (tertiary/aromatic N) is 7. The second-order valence-corrected chi connectivity index (χ2v) is 7.94. The average Bonchev–Trinajstić information content (AvgIpc) is 3.53. The summed E-state index contributed by atoms with van der Waals surface area (Å²) >= 11 is 0. The van der Waals surface area contributed by atoms with Crippen molar-refractivity contribution in [2.45, 2.75) is 32.2 Å². The van der Waals surface area contributed by atoms with Gasteiger partial charge >= 0.3 is 0 Å². The number of anilines is 1. The van der Waals surface area contributed by atoms with Gasteiger partial charge in [-0.05, 0) is 55.2 Å². The highest BCUT2D eigenvalue weighted by Gasteiger charge is 2.30. The normalized spacial score (nSPS) is 16.5. The molecule has 2 aliphatic rings. The predicted molar refractivity (Wildman–Crippen MR) is 121 cm³/mol. The Morgan fingerprint density at radius 2 is 1.79 bits per heavy atom. The minimum Gasteiger partial charge on any atom is -0.497 e. The van der Waals surface area contributed by atoms with Crippen LogP contribution in [0.4, 0.5) is 5.95 Å². The van der Waals surface area contributed by atoms with Gasteiger partial charge in [-0.25, -0.2) is 10.0 Å². The van der Waals surface area contributed by atoms with Gasteiger partial charge in [-0.2, -0.15) is 4.80 Å². The molecule has 2 fully saturated rings. The zero-order chi connectivity index (χ0) is 23.2. The summed E-state index contributed by atoms with van der Waals surface area (Å²) < 4.78 is 10.6. The van der Waals surface area contributed by atoms with Crippen molar-refractivity contribution in [3.05, 3.63) is 29.8 Å². The van der Waals surface area contributed by atoms with Crippen molar-refractivity contribution in [1.29, 1.82) is 0 Å². The summed E-state index contributed by atoms with van der Waals surface area (Å²) in [5.74, 6) is 1.29. The first-order valence-electron chi connectivity index (χ1n) is 11.1. The minimum atomic E-state index is -0.286. The molecule has 11 heteroatoms. The van der Waals surface area contributed by atoms with Crippen molar-refractivity contribution in [3.8, 4) is 11.5 Å². The van der Waals surface area contributed by atoms with Crippen LogP contribution in [0.15, 0.2) is 24.3 Å². The molecule has 3 heterocycles. The van der Waals surface area contributed by atoms with Gasteiger partial charge in [0, 0.05) is 37.8 Å². The fourth-order valence-corrected chi connectivity index (χ4v) is 4.04. The average molecular weight is 456 g/mol. The maximum atomic E-state index is 12.9. The molecule has 4 rings (SSSR count). The van der Waals surface area contributed by atoms with E-state index in [-0.39, 0.29) is 18.4 Å². The van der Waals surface area contributed by atoms with Crippen molar-refractivity contribution in [2.24, 2.45) is 0 Å². The van der Waals surface area contributed by atoms with Crippen molar-refractivity contribution in [2.75, 3.05) is 45.3 Å². The summed E-state index contributed by atoms with van der Waals surface area (Å²) in [4.78, 5) is 29.1. The van der Waals surface area contributed by atoms with E-state index >= 15 is 0 Å². The zero-order valence-electron chi connectivity index (χ0n) is 19.0. The first-order valence-corrected chi connectivity index (χ1v) is 11.1. The molecule has 1 aromatic carbocycles. The fourth-order valence-electron chi connectivity index (χ4n) is 4.04. The highest BCUT2D eigenvalue weighted by atomic mass is 16.5. The second-order valence-electron chi connectivity index (χ2n) is 7.94. The second kappa shape index (κ2) is 10.3. The van der Waals surface area contributed by atoms with Crippen LogP contribution in [-0.2, 0) is 16.1 Å². The molecule has 2 saturated heterocycles. The number of hydrazine groups is 1. The first kappa shape index (κ1) is 22.6. The lowest BCUT2D eigenvalue weighted by Gasteiger charge is -2.26. The van der Waals surface area contributed by atoms with Crippen molar-refractivity contribution in [3.63, 3.8) is 0 Å². The van der Waals surface area contributed by atoms with E-state index in [2.05, 4.69) is 20.3 Å².